The van der Waals surface area contributed by atoms with Gasteiger partial charge in [0, 0.05) is 18.0 Å². The summed E-state index contributed by atoms with van der Waals surface area (Å²) in [5.41, 5.74) is 0.612. The molecule has 128 valence electrons. The van der Waals surface area contributed by atoms with Gasteiger partial charge < -0.3 is 10.6 Å². The molecule has 0 radical (unpaired) electrons. The quantitative estimate of drug-likeness (QED) is 0.811. The zero-order valence-electron chi connectivity index (χ0n) is 13.4. The normalized spacial score (nSPS) is 26.3. The Hall–Kier alpha value is -0.780. The van der Waals surface area contributed by atoms with E-state index >= 15 is 0 Å². The number of nitrogens with one attached hydrogen (secondary N) is 2. The monoisotopic (exact) mass is 358 g/mol. The number of hydrogen-bond donors (Lipinski definition) is 2. The van der Waals surface area contributed by atoms with Crippen LogP contribution in [0.3, 0.4) is 0 Å². The molecule has 0 aromatic heterocycles. The van der Waals surface area contributed by atoms with Gasteiger partial charge in [-0.1, -0.05) is 12.8 Å². The fourth-order valence-electron chi connectivity index (χ4n) is 3.93. The Bertz CT molecular complexity index is 572. The highest BCUT2D eigenvalue weighted by Crippen LogP contribution is 2.44. The molecule has 1 heterocycles. The van der Waals surface area contributed by atoms with Gasteiger partial charge in [0.1, 0.15) is 5.82 Å². The Morgan fingerprint density at radius 2 is 2.30 bits per heavy atom. The van der Waals surface area contributed by atoms with Crippen LogP contribution in [0.4, 0.5) is 4.39 Å². The molecule has 0 unspecified atom stereocenters. The molecule has 1 saturated heterocycles. The predicted molar refractivity (Wildman–Crippen MR) is 94.5 cm³/mol. The smallest absolute Gasteiger partial charge is 0.228 e. The van der Waals surface area contributed by atoms with Crippen LogP contribution in [0.2, 0.25) is 0 Å². The molecule has 6 heteroatoms. The van der Waals surface area contributed by atoms with Crippen molar-refractivity contribution in [1.82, 2.24) is 10.6 Å². The topological polar surface area (TPSA) is 41.1 Å². The van der Waals surface area contributed by atoms with Crippen LogP contribution in [-0.4, -0.2) is 25.3 Å². The number of carbonyl (C=O) groups excluding carboxylic acids is 1. The van der Waals surface area contributed by atoms with Gasteiger partial charge in [0.15, 0.2) is 0 Å². The van der Waals surface area contributed by atoms with Crippen molar-refractivity contribution in [2.75, 3.05) is 19.3 Å². The summed E-state index contributed by atoms with van der Waals surface area (Å²) in [4.78, 5) is 13.8. The maximum absolute atomic E-state index is 13.4. The number of benzene rings is 1. The van der Waals surface area contributed by atoms with Crippen LogP contribution in [0.25, 0.3) is 0 Å². The van der Waals surface area contributed by atoms with Crippen molar-refractivity contribution >= 4 is 30.1 Å². The number of hydrogen-bond acceptors (Lipinski definition) is 3. The van der Waals surface area contributed by atoms with Crippen LogP contribution < -0.4 is 10.6 Å². The lowest BCUT2D eigenvalue weighted by Crippen LogP contribution is -2.47. The van der Waals surface area contributed by atoms with E-state index in [0.29, 0.717) is 12.5 Å². The second-order valence-corrected chi connectivity index (χ2v) is 7.22. The van der Waals surface area contributed by atoms with E-state index in [2.05, 4.69) is 10.6 Å². The van der Waals surface area contributed by atoms with Crippen LogP contribution >= 0.6 is 24.2 Å². The van der Waals surface area contributed by atoms with E-state index in [1.807, 2.05) is 6.26 Å². The lowest BCUT2D eigenvalue weighted by molar-refractivity contribution is -0.134. The van der Waals surface area contributed by atoms with Crippen molar-refractivity contribution in [3.8, 4) is 0 Å². The molecule has 1 amide bonds. The lowest BCUT2D eigenvalue weighted by atomic mass is 9.67. The molecule has 1 aliphatic carbocycles. The number of carbonyl (C=O) groups is 1. The van der Waals surface area contributed by atoms with Gasteiger partial charge >= 0.3 is 0 Å². The maximum atomic E-state index is 13.4. The highest BCUT2D eigenvalue weighted by Gasteiger charge is 2.49. The first-order valence-corrected chi connectivity index (χ1v) is 9.19. The first-order chi connectivity index (χ1) is 10.7. The summed E-state index contributed by atoms with van der Waals surface area (Å²) in [6.45, 7) is 2.13. The maximum Gasteiger partial charge on any atom is 0.228 e. The van der Waals surface area contributed by atoms with Gasteiger partial charge in [0.2, 0.25) is 5.91 Å². The predicted octanol–water partition coefficient (Wildman–Crippen LogP) is 3.37. The molecule has 2 fully saturated rings. The zero-order chi connectivity index (χ0) is 15.6. The minimum atomic E-state index is -0.252. The van der Waals surface area contributed by atoms with Gasteiger partial charge in [0.25, 0.3) is 0 Å². The van der Waals surface area contributed by atoms with Gasteiger partial charge in [-0.05, 0) is 55.3 Å². The van der Waals surface area contributed by atoms with Gasteiger partial charge in [-0.3, -0.25) is 4.79 Å². The van der Waals surface area contributed by atoms with Gasteiger partial charge in [-0.2, -0.15) is 0 Å². The summed E-state index contributed by atoms with van der Waals surface area (Å²) in [5, 5.41) is 6.46. The third-order valence-corrected chi connectivity index (χ3v) is 6.01. The first-order valence-electron chi connectivity index (χ1n) is 7.97. The van der Waals surface area contributed by atoms with Crippen molar-refractivity contribution in [1.29, 1.82) is 0 Å². The summed E-state index contributed by atoms with van der Waals surface area (Å²) in [7, 11) is 0. The summed E-state index contributed by atoms with van der Waals surface area (Å²) in [6, 6.07) is 4.77. The molecule has 23 heavy (non-hydrogen) atoms. The van der Waals surface area contributed by atoms with Gasteiger partial charge in [-0.15, -0.1) is 24.2 Å². The second kappa shape index (κ2) is 7.86. The van der Waals surface area contributed by atoms with E-state index in [9.17, 15) is 9.18 Å². The number of amides is 1. The van der Waals surface area contributed by atoms with Crippen molar-refractivity contribution in [2.45, 2.75) is 37.1 Å². The highest BCUT2D eigenvalue weighted by atomic mass is 35.5. The fourth-order valence-corrected chi connectivity index (χ4v) is 4.52. The molecule has 2 atom stereocenters. The molecule has 3 nitrogen and oxygen atoms in total. The number of thioether (sulfide) groups is 1. The molecule has 2 aliphatic rings. The van der Waals surface area contributed by atoms with Crippen LogP contribution in [0.15, 0.2) is 23.1 Å². The SMILES string of the molecule is CSc1ccc(F)cc1CNC(=O)[C@@]12CCCC[C@H]1CNC2.Cl. The Morgan fingerprint density at radius 3 is 3.09 bits per heavy atom. The molecular weight excluding hydrogens is 335 g/mol. The lowest BCUT2D eigenvalue weighted by Gasteiger charge is -2.37. The summed E-state index contributed by atoms with van der Waals surface area (Å²) < 4.78 is 13.4. The van der Waals surface area contributed by atoms with Crippen molar-refractivity contribution in [3.63, 3.8) is 0 Å². The van der Waals surface area contributed by atoms with Crippen molar-refractivity contribution in [3.05, 3.63) is 29.6 Å². The molecule has 2 N–H and O–H groups in total. The van der Waals surface area contributed by atoms with E-state index in [4.69, 9.17) is 0 Å². The van der Waals surface area contributed by atoms with Gasteiger partial charge in [-0.25, -0.2) is 4.39 Å². The summed E-state index contributed by atoms with van der Waals surface area (Å²) >= 11 is 1.58. The average Bonchev–Trinajstić information content (AvgIpc) is 2.98. The van der Waals surface area contributed by atoms with Crippen molar-refractivity contribution in [2.24, 2.45) is 11.3 Å². The Kier molecular flexibility index (Phi) is 6.34. The number of fused-ring (bicyclic) bond motifs is 1. The van der Waals surface area contributed by atoms with Crippen LogP contribution in [0, 0.1) is 17.2 Å². The standard InChI is InChI=1S/C17H23FN2OS.ClH/c1-22-15-6-5-14(18)8-12(15)9-20-16(21)17-7-3-2-4-13(17)10-19-11-17;/h5-6,8,13,19H,2-4,7,9-11H2,1H3,(H,20,21);1H/t13-,17+;/m0./s1. The van der Waals surface area contributed by atoms with Crippen LogP contribution in [0.1, 0.15) is 31.2 Å². The van der Waals surface area contributed by atoms with Crippen molar-refractivity contribution < 1.29 is 9.18 Å². The molecule has 1 aliphatic heterocycles. The second-order valence-electron chi connectivity index (χ2n) is 6.37. The minimum Gasteiger partial charge on any atom is -0.351 e. The largest absolute Gasteiger partial charge is 0.351 e. The molecule has 1 aromatic rings. The minimum absolute atomic E-state index is 0. The fraction of sp³-hybridized carbons (Fsp3) is 0.588. The highest BCUT2D eigenvalue weighted by molar-refractivity contribution is 7.98. The molecule has 1 aromatic carbocycles. The molecular formula is C17H24ClFN2OS. The number of rotatable bonds is 4. The van der Waals surface area contributed by atoms with E-state index in [1.165, 1.54) is 18.6 Å². The van der Waals surface area contributed by atoms with E-state index in [1.54, 1.807) is 17.8 Å². The van der Waals surface area contributed by atoms with E-state index < -0.39 is 0 Å². The third kappa shape index (κ3) is 3.67. The Morgan fingerprint density at radius 1 is 1.48 bits per heavy atom. The average molecular weight is 359 g/mol. The zero-order valence-corrected chi connectivity index (χ0v) is 15.0. The number of halogens is 2. The van der Waals surface area contributed by atoms with Crippen LogP contribution in [0.5, 0.6) is 0 Å². The molecule has 0 bridgehead atoms. The Balaban J connectivity index is 0.00000192. The molecule has 0 spiro atoms. The summed E-state index contributed by atoms with van der Waals surface area (Å²) in [5.74, 6) is 0.339. The first kappa shape index (κ1) is 18.6. The van der Waals surface area contributed by atoms with Crippen LogP contribution in [-0.2, 0) is 11.3 Å². The van der Waals surface area contributed by atoms with E-state index in [-0.39, 0.29) is 29.5 Å². The summed E-state index contributed by atoms with van der Waals surface area (Å²) in [6.07, 6.45) is 6.42. The molecule has 3 rings (SSSR count). The Labute approximate surface area is 147 Å². The molecule has 1 saturated carbocycles. The van der Waals surface area contributed by atoms with Gasteiger partial charge in [0.05, 0.1) is 5.41 Å². The van der Waals surface area contributed by atoms with E-state index in [0.717, 1.165) is 42.8 Å². The third-order valence-electron chi connectivity index (χ3n) is 5.17.